The first-order chi connectivity index (χ1) is 46.7. The highest BCUT2D eigenvalue weighted by molar-refractivity contribution is 7.20. The molecule has 16 aromatic rings. The molecule has 0 aliphatic carbocycles. The summed E-state index contributed by atoms with van der Waals surface area (Å²) in [6.45, 7) is 54.6. The highest BCUT2D eigenvalue weighted by Crippen LogP contribution is 2.32. The van der Waals surface area contributed by atoms with Gasteiger partial charge in [-0.05, 0) is 226 Å². The van der Waals surface area contributed by atoms with Crippen molar-refractivity contribution in [3.63, 3.8) is 0 Å². The van der Waals surface area contributed by atoms with Crippen LogP contribution in [0, 0.1) is 187 Å². The fourth-order valence-corrected chi connectivity index (χ4v) is 17.1. The second-order valence-electron chi connectivity index (χ2n) is 23.8. The molecule has 29 heteroatoms. The van der Waals surface area contributed by atoms with Gasteiger partial charge in [-0.15, -0.1) is 78.2 Å². The van der Waals surface area contributed by atoms with Gasteiger partial charge in [0.05, 0.1) is 119 Å². The van der Waals surface area contributed by atoms with Crippen LogP contribution in [0.2, 0.25) is 0 Å². The van der Waals surface area contributed by atoms with Gasteiger partial charge in [0.25, 0.3) is 0 Å². The molecule has 99 heavy (non-hydrogen) atoms. The topological polar surface area (TPSA) is 271 Å². The third-order valence-electron chi connectivity index (χ3n) is 16.0. The summed E-state index contributed by atoms with van der Waals surface area (Å²) < 4.78 is 7.08. The van der Waals surface area contributed by atoms with Crippen LogP contribution >= 0.6 is 90.7 Å². The predicted molar refractivity (Wildman–Crippen MR) is 416 cm³/mol. The predicted octanol–water partition coefficient (Wildman–Crippen LogP) is 18.8. The van der Waals surface area contributed by atoms with Gasteiger partial charge in [0.1, 0.15) is 27.2 Å². The summed E-state index contributed by atoms with van der Waals surface area (Å²) in [6.07, 6.45) is 0. The summed E-state index contributed by atoms with van der Waals surface area (Å²) in [4.78, 5) is 72.1. The van der Waals surface area contributed by atoms with Crippen LogP contribution in [0.15, 0.2) is 0 Å². The van der Waals surface area contributed by atoms with E-state index in [-0.39, 0.29) is 0 Å². The molecule has 0 N–H and O–H groups in total. The lowest BCUT2D eigenvalue weighted by Gasteiger charge is -2.02. The van der Waals surface area contributed by atoms with Crippen molar-refractivity contribution < 1.29 is 0 Å². The van der Waals surface area contributed by atoms with Crippen molar-refractivity contribution in [1.82, 2.24) is 105 Å². The SMILES string of the molecule is Cc1nc(C)c2sc(C)nc2n1.Cc1nc2c(C)c(C)c(C)nc2s1.Cc1nc2c(C)c(C)nc(C)c2s1.Cc1nc2c(C)nc(C)c(C)c2s1.Cc1nc2c(C)nnc(C)c2s1.Cc1nc2nc(C)c(C)c(C)c2s1.Cc1nc2nc(C)c(C)nc2s1.Cc1nc2nnnc(C)c2s1. The highest BCUT2D eigenvalue weighted by Gasteiger charge is 2.15. The molecule has 16 rings (SSSR count). The normalized spacial score (nSPS) is 11.0. The minimum Gasteiger partial charge on any atom is -0.257 e. The van der Waals surface area contributed by atoms with Crippen molar-refractivity contribution >= 4 is 173 Å². The van der Waals surface area contributed by atoms with Crippen LogP contribution in [0.3, 0.4) is 0 Å². The zero-order valence-electron chi connectivity index (χ0n) is 61.2. The minimum atomic E-state index is 0.708. The van der Waals surface area contributed by atoms with Crippen molar-refractivity contribution in [3.05, 3.63) is 148 Å². The Kier molecular flexibility index (Phi) is 24.0. The number of rotatable bonds is 0. The van der Waals surface area contributed by atoms with E-state index in [0.717, 1.165) is 172 Å². The Morgan fingerprint density at radius 3 is 1.18 bits per heavy atom. The van der Waals surface area contributed by atoms with Gasteiger partial charge < -0.3 is 0 Å². The fourth-order valence-electron chi connectivity index (χ4n) is 10.1. The molecule has 0 aromatic carbocycles. The standard InChI is InChI=1S/4C10H12N2S.3C8H9N3S.C6H6N4S/c1-5-6(2)11-7(3)9-10(5)13-8(4)12-9;1-5-6(2)11-7(3)10-9(5)12-8(4)13-10;1-5-6(2)9-10(11-7(5)3)12-8(4)13-9;1-5-6(2)9-10(11-7(5)3)13-8(4)12-9;1-4-7-8(10-5(2)9-4)11-6(3)12-7;1-4-7-8(5(2)11-10-4)12-6(3)9-7;1-4-5(2)10-8-7(9-4)11-6(3)12-8;1-3-5-6(9-10-8-3)7-4(2)11-5/h4*1-4H3;3*1-3H3;1-2H3. The molecule has 0 aliphatic heterocycles. The second kappa shape index (κ2) is 31.7. The fraction of sp³-hybridized carbons (Fsp3) is 0.386. The number of fused-ring (bicyclic) bond motifs is 8. The number of nitrogens with zero attached hydrogens (tertiary/aromatic N) is 21. The third-order valence-corrected chi connectivity index (χ3v) is 24.2. The van der Waals surface area contributed by atoms with Crippen LogP contribution in [-0.4, -0.2) is 105 Å². The molecule has 21 nitrogen and oxygen atoms in total. The summed E-state index contributed by atoms with van der Waals surface area (Å²) in [6, 6.07) is 0. The van der Waals surface area contributed by atoms with Crippen LogP contribution in [0.4, 0.5) is 0 Å². The van der Waals surface area contributed by atoms with Crippen LogP contribution in [-0.2, 0) is 0 Å². The van der Waals surface area contributed by atoms with Crippen LogP contribution in [0.5, 0.6) is 0 Å². The summed E-state index contributed by atoms with van der Waals surface area (Å²) >= 11 is 13.4. The van der Waals surface area contributed by atoms with Gasteiger partial charge in [-0.3, -0.25) is 9.97 Å². The zero-order chi connectivity index (χ0) is 72.3. The zero-order valence-corrected chi connectivity index (χ0v) is 67.7. The molecule has 0 bridgehead atoms. The molecule has 0 fully saturated rings. The van der Waals surface area contributed by atoms with E-state index in [9.17, 15) is 0 Å². The van der Waals surface area contributed by atoms with Gasteiger partial charge in [0.2, 0.25) is 0 Å². The number of thiazole rings is 8. The summed E-state index contributed by atoms with van der Waals surface area (Å²) in [7, 11) is 0. The summed E-state index contributed by atoms with van der Waals surface area (Å²) in [5.41, 5.74) is 27.5. The highest BCUT2D eigenvalue weighted by atomic mass is 32.1. The molecule has 0 radical (unpaired) electrons. The van der Waals surface area contributed by atoms with Crippen molar-refractivity contribution in [2.24, 2.45) is 0 Å². The maximum atomic E-state index is 4.51. The first-order valence-corrected chi connectivity index (χ1v) is 38.2. The average Bonchev–Trinajstić information content (AvgIpc) is 1.69. The second-order valence-corrected chi connectivity index (χ2v) is 33.4. The largest absolute Gasteiger partial charge is 0.257 e. The first kappa shape index (κ1) is 75.2. The minimum absolute atomic E-state index is 0.708. The molecule has 0 unspecified atom stereocenters. The third kappa shape index (κ3) is 17.6. The molecule has 0 atom stereocenters. The lowest BCUT2D eigenvalue weighted by molar-refractivity contribution is 0.865. The molecule has 16 heterocycles. The van der Waals surface area contributed by atoms with E-state index >= 15 is 0 Å². The van der Waals surface area contributed by atoms with Crippen molar-refractivity contribution in [3.8, 4) is 0 Å². The van der Waals surface area contributed by atoms with Gasteiger partial charge >= 0.3 is 0 Å². The molecule has 514 valence electrons. The monoisotopic (exact) mass is 1470 g/mol. The maximum Gasteiger partial charge on any atom is 0.196 e. The van der Waals surface area contributed by atoms with Gasteiger partial charge in [0, 0.05) is 22.8 Å². The smallest absolute Gasteiger partial charge is 0.196 e. The lowest BCUT2D eigenvalue weighted by atomic mass is 10.1. The first-order valence-electron chi connectivity index (χ1n) is 31.7. The Balaban J connectivity index is 0.000000132. The van der Waals surface area contributed by atoms with E-state index in [2.05, 4.69) is 161 Å². The summed E-state index contributed by atoms with van der Waals surface area (Å²) in [5, 5.41) is 27.8. The van der Waals surface area contributed by atoms with E-state index in [1.807, 2.05) is 132 Å². The van der Waals surface area contributed by atoms with E-state index in [1.165, 1.54) is 52.2 Å². The van der Waals surface area contributed by atoms with Crippen LogP contribution in [0.1, 0.15) is 148 Å². The number of pyridine rings is 4. The maximum absolute atomic E-state index is 4.51. The van der Waals surface area contributed by atoms with Gasteiger partial charge in [-0.2, -0.15) is 10.2 Å². The Hall–Kier alpha value is -8.03. The van der Waals surface area contributed by atoms with Crippen molar-refractivity contribution in [2.45, 2.75) is 187 Å². The summed E-state index contributed by atoms with van der Waals surface area (Å²) in [5.74, 6) is 0.797. The van der Waals surface area contributed by atoms with Gasteiger partial charge in [-0.25, -0.2) is 69.8 Å². The Morgan fingerprint density at radius 2 is 0.556 bits per heavy atom. The molecule has 0 spiro atoms. The van der Waals surface area contributed by atoms with E-state index in [4.69, 9.17) is 0 Å². The Morgan fingerprint density at radius 1 is 0.172 bits per heavy atom. The van der Waals surface area contributed by atoms with Crippen LogP contribution < -0.4 is 0 Å². The Labute approximate surface area is 608 Å². The molecule has 0 amide bonds. The number of aryl methyl sites for hydroxylation is 25. The van der Waals surface area contributed by atoms with Gasteiger partial charge in [-0.1, -0.05) is 22.7 Å². The van der Waals surface area contributed by atoms with E-state index in [1.54, 1.807) is 90.7 Å². The van der Waals surface area contributed by atoms with Crippen LogP contribution in [0.25, 0.3) is 82.5 Å². The molecular weight excluding hydrogens is 1390 g/mol. The Bertz CT molecular complexity index is 5390. The number of aromatic nitrogens is 21. The molecule has 16 aromatic heterocycles. The van der Waals surface area contributed by atoms with E-state index in [0.29, 0.717) is 5.65 Å². The molecule has 0 aliphatic rings. The number of hydrogen-bond acceptors (Lipinski definition) is 29. The molecular formula is C70H81N21S8. The molecule has 0 saturated carbocycles. The van der Waals surface area contributed by atoms with E-state index < -0.39 is 0 Å². The van der Waals surface area contributed by atoms with Crippen molar-refractivity contribution in [1.29, 1.82) is 0 Å². The average molecular weight is 1470 g/mol. The molecule has 0 saturated heterocycles. The number of hydrogen-bond donors (Lipinski definition) is 0. The van der Waals surface area contributed by atoms with Crippen molar-refractivity contribution in [2.75, 3.05) is 0 Å². The van der Waals surface area contributed by atoms with Gasteiger partial charge in [0.15, 0.2) is 27.4 Å². The quantitative estimate of drug-likeness (QED) is 0.136. The lowest BCUT2D eigenvalue weighted by Crippen LogP contribution is -1.91.